The summed E-state index contributed by atoms with van der Waals surface area (Å²) in [5.41, 5.74) is 0.717. The molecule has 138 valence electrons. The van der Waals surface area contributed by atoms with Crippen LogP contribution in [0.3, 0.4) is 0 Å². The summed E-state index contributed by atoms with van der Waals surface area (Å²) in [5.74, 6) is -1.80. The van der Waals surface area contributed by atoms with Crippen LogP contribution in [0, 0.1) is 12.7 Å². The number of halogens is 1. The maximum absolute atomic E-state index is 14.1. The van der Waals surface area contributed by atoms with E-state index < -0.39 is 17.7 Å². The zero-order valence-corrected chi connectivity index (χ0v) is 14.6. The number of ether oxygens (including phenoxy) is 1. The fourth-order valence-electron chi connectivity index (χ4n) is 3.36. The van der Waals surface area contributed by atoms with Crippen molar-refractivity contribution in [3.05, 3.63) is 47.0 Å². The van der Waals surface area contributed by atoms with Gasteiger partial charge in [0.2, 0.25) is 0 Å². The third kappa shape index (κ3) is 3.14. The average Bonchev–Trinajstić information content (AvgIpc) is 3.02. The summed E-state index contributed by atoms with van der Waals surface area (Å²) in [6.45, 7) is 2.59. The quantitative estimate of drug-likeness (QED) is 0.904. The van der Waals surface area contributed by atoms with E-state index in [2.05, 4.69) is 5.10 Å². The molecule has 1 aliphatic rings. The van der Waals surface area contributed by atoms with Gasteiger partial charge in [0.05, 0.1) is 25.0 Å². The number of nitrogens with zero attached hydrogens (tertiary/aromatic N) is 3. The molecular weight excluding hydrogens is 341 g/mol. The van der Waals surface area contributed by atoms with Crippen molar-refractivity contribution in [1.29, 1.82) is 0 Å². The lowest BCUT2D eigenvalue weighted by Crippen LogP contribution is -2.40. The lowest BCUT2D eigenvalue weighted by Gasteiger charge is -2.33. The van der Waals surface area contributed by atoms with E-state index in [9.17, 15) is 14.0 Å². The number of carboxylic acids is 1. The standard InChI is InChI=1S/C18H20FN3O4/c1-11-13(18(24)25)10-20-22(11)12-6-8-21(9-7-12)17(23)16-14(19)4-3-5-15(16)26-2/h3-5,10,12H,6-9H2,1-2H3,(H,24,25). The van der Waals surface area contributed by atoms with Crippen molar-refractivity contribution in [2.45, 2.75) is 25.8 Å². The molecule has 0 radical (unpaired) electrons. The number of carbonyl (C=O) groups excluding carboxylic acids is 1. The van der Waals surface area contributed by atoms with Crippen molar-refractivity contribution >= 4 is 11.9 Å². The molecule has 1 saturated heterocycles. The summed E-state index contributed by atoms with van der Waals surface area (Å²) in [5, 5.41) is 13.3. The Morgan fingerprint density at radius 3 is 2.58 bits per heavy atom. The number of carbonyl (C=O) groups is 2. The highest BCUT2D eigenvalue weighted by Crippen LogP contribution is 2.28. The summed E-state index contributed by atoms with van der Waals surface area (Å²) in [6.07, 6.45) is 2.58. The molecule has 2 aromatic rings. The van der Waals surface area contributed by atoms with Gasteiger partial charge in [0.25, 0.3) is 5.91 Å². The Labute approximate surface area is 150 Å². The van der Waals surface area contributed by atoms with E-state index in [0.29, 0.717) is 31.6 Å². The first-order valence-electron chi connectivity index (χ1n) is 8.33. The summed E-state index contributed by atoms with van der Waals surface area (Å²) in [7, 11) is 1.40. The SMILES string of the molecule is COc1cccc(F)c1C(=O)N1CCC(n2ncc(C(=O)O)c2C)CC1. The van der Waals surface area contributed by atoms with Gasteiger partial charge >= 0.3 is 5.97 Å². The first-order chi connectivity index (χ1) is 12.4. The van der Waals surface area contributed by atoms with Crippen LogP contribution < -0.4 is 4.74 Å². The molecule has 1 aromatic carbocycles. The number of amides is 1. The Balaban J connectivity index is 1.73. The molecule has 1 amide bonds. The van der Waals surface area contributed by atoms with Gasteiger partial charge < -0.3 is 14.7 Å². The van der Waals surface area contributed by atoms with E-state index in [4.69, 9.17) is 9.84 Å². The summed E-state index contributed by atoms with van der Waals surface area (Å²) in [6, 6.07) is 4.30. The molecule has 1 aromatic heterocycles. The zero-order valence-electron chi connectivity index (χ0n) is 14.6. The Morgan fingerprint density at radius 1 is 1.31 bits per heavy atom. The van der Waals surface area contributed by atoms with E-state index in [1.807, 2.05) is 0 Å². The van der Waals surface area contributed by atoms with E-state index in [0.717, 1.165) is 0 Å². The van der Waals surface area contributed by atoms with Crippen LogP contribution in [-0.2, 0) is 0 Å². The van der Waals surface area contributed by atoms with Crippen LogP contribution in [0.4, 0.5) is 4.39 Å². The van der Waals surface area contributed by atoms with E-state index in [1.165, 1.54) is 25.4 Å². The second-order valence-electron chi connectivity index (χ2n) is 6.23. The Kier molecular flexibility index (Phi) is 4.92. The predicted molar refractivity (Wildman–Crippen MR) is 91.0 cm³/mol. The van der Waals surface area contributed by atoms with Gasteiger partial charge in [-0.25, -0.2) is 9.18 Å². The molecular formula is C18H20FN3O4. The number of methoxy groups -OCH3 is 1. The smallest absolute Gasteiger partial charge is 0.339 e. The van der Waals surface area contributed by atoms with Gasteiger partial charge in [0.1, 0.15) is 22.7 Å². The fraction of sp³-hybridized carbons (Fsp3) is 0.389. The molecule has 8 heteroatoms. The Hall–Kier alpha value is -2.90. The molecule has 26 heavy (non-hydrogen) atoms. The molecule has 0 atom stereocenters. The summed E-state index contributed by atoms with van der Waals surface area (Å²) in [4.78, 5) is 25.5. The number of rotatable bonds is 4. The maximum atomic E-state index is 14.1. The molecule has 1 fully saturated rings. The molecule has 0 bridgehead atoms. The van der Waals surface area contributed by atoms with Crippen molar-refractivity contribution in [3.63, 3.8) is 0 Å². The normalized spacial score (nSPS) is 15.1. The number of piperidine rings is 1. The third-order valence-electron chi connectivity index (χ3n) is 4.78. The predicted octanol–water partition coefficient (Wildman–Crippen LogP) is 2.51. The van der Waals surface area contributed by atoms with Crippen LogP contribution in [-0.4, -0.2) is 51.9 Å². The van der Waals surface area contributed by atoms with Gasteiger partial charge in [0.15, 0.2) is 0 Å². The molecule has 0 spiro atoms. The van der Waals surface area contributed by atoms with Crippen LogP contribution in [0.5, 0.6) is 5.75 Å². The number of aromatic nitrogens is 2. The van der Waals surface area contributed by atoms with Gasteiger partial charge in [-0.15, -0.1) is 0 Å². The minimum atomic E-state index is -1.01. The molecule has 2 heterocycles. The average molecular weight is 361 g/mol. The maximum Gasteiger partial charge on any atom is 0.339 e. The van der Waals surface area contributed by atoms with Crippen LogP contribution in [0.2, 0.25) is 0 Å². The second-order valence-corrected chi connectivity index (χ2v) is 6.23. The molecule has 0 aliphatic carbocycles. The van der Waals surface area contributed by atoms with Crippen molar-refractivity contribution in [2.75, 3.05) is 20.2 Å². The molecule has 0 saturated carbocycles. The fourth-order valence-corrected chi connectivity index (χ4v) is 3.36. The van der Waals surface area contributed by atoms with E-state index >= 15 is 0 Å². The van der Waals surface area contributed by atoms with Crippen molar-refractivity contribution in [2.24, 2.45) is 0 Å². The lowest BCUT2D eigenvalue weighted by molar-refractivity contribution is 0.0680. The van der Waals surface area contributed by atoms with Gasteiger partial charge in [-0.1, -0.05) is 6.07 Å². The van der Waals surface area contributed by atoms with Crippen molar-refractivity contribution < 1.29 is 23.8 Å². The topological polar surface area (TPSA) is 84.7 Å². The Morgan fingerprint density at radius 2 is 2.00 bits per heavy atom. The van der Waals surface area contributed by atoms with Crippen LogP contribution in [0.1, 0.15) is 45.3 Å². The van der Waals surface area contributed by atoms with Gasteiger partial charge in [-0.2, -0.15) is 5.10 Å². The minimum Gasteiger partial charge on any atom is -0.496 e. The molecule has 3 rings (SSSR count). The molecule has 0 unspecified atom stereocenters. The first-order valence-corrected chi connectivity index (χ1v) is 8.33. The van der Waals surface area contributed by atoms with E-state index in [-0.39, 0.29) is 22.9 Å². The van der Waals surface area contributed by atoms with E-state index in [1.54, 1.807) is 22.6 Å². The van der Waals surface area contributed by atoms with Crippen molar-refractivity contribution in [3.8, 4) is 5.75 Å². The monoisotopic (exact) mass is 361 g/mol. The van der Waals surface area contributed by atoms with Gasteiger partial charge in [-0.3, -0.25) is 9.48 Å². The highest BCUT2D eigenvalue weighted by atomic mass is 19.1. The third-order valence-corrected chi connectivity index (χ3v) is 4.78. The van der Waals surface area contributed by atoms with Gasteiger partial charge in [-0.05, 0) is 31.9 Å². The second kappa shape index (κ2) is 7.15. The summed E-state index contributed by atoms with van der Waals surface area (Å²) >= 11 is 0. The number of carboxylic acid groups (broad SMARTS) is 1. The largest absolute Gasteiger partial charge is 0.496 e. The molecule has 1 N–H and O–H groups in total. The lowest BCUT2D eigenvalue weighted by atomic mass is 10.0. The summed E-state index contributed by atoms with van der Waals surface area (Å²) < 4.78 is 20.9. The highest BCUT2D eigenvalue weighted by molar-refractivity contribution is 5.97. The number of hydrogen-bond acceptors (Lipinski definition) is 4. The van der Waals surface area contributed by atoms with Gasteiger partial charge in [0, 0.05) is 13.1 Å². The number of hydrogen-bond donors (Lipinski definition) is 1. The molecule has 1 aliphatic heterocycles. The van der Waals surface area contributed by atoms with Crippen LogP contribution >= 0.6 is 0 Å². The molecule has 7 nitrogen and oxygen atoms in total. The van der Waals surface area contributed by atoms with Crippen LogP contribution in [0.15, 0.2) is 24.4 Å². The van der Waals surface area contributed by atoms with Crippen LogP contribution in [0.25, 0.3) is 0 Å². The number of aromatic carboxylic acids is 1. The highest BCUT2D eigenvalue weighted by Gasteiger charge is 2.29. The Bertz CT molecular complexity index is 841. The number of benzene rings is 1. The number of likely N-dealkylation sites (tertiary alicyclic amines) is 1. The van der Waals surface area contributed by atoms with Crippen molar-refractivity contribution in [1.82, 2.24) is 14.7 Å². The first kappa shape index (κ1) is 17.9. The minimum absolute atomic E-state index is 0.00895. The zero-order chi connectivity index (χ0) is 18.8.